The molecule has 3 aromatic rings. The smallest absolute Gasteiger partial charge is 0.282 e. The number of nitrogens with zero attached hydrogens (tertiary/aromatic N) is 1. The van der Waals surface area contributed by atoms with Crippen LogP contribution in [0.2, 0.25) is 0 Å². The number of nitrogens with one attached hydrogen (secondary N) is 1. The molecule has 0 aliphatic carbocycles. The molecule has 33 heavy (non-hydrogen) atoms. The van der Waals surface area contributed by atoms with E-state index in [1.54, 1.807) is 43.5 Å². The molecule has 0 fully saturated rings. The van der Waals surface area contributed by atoms with Crippen LogP contribution in [0.5, 0.6) is 11.5 Å². The molecule has 2 amide bonds. The zero-order valence-electron chi connectivity index (χ0n) is 19.1. The Balaban J connectivity index is 1.82. The van der Waals surface area contributed by atoms with Crippen molar-refractivity contribution in [1.29, 1.82) is 0 Å². The third-order valence-corrected chi connectivity index (χ3v) is 5.69. The largest absolute Gasteiger partial charge is 0.497 e. The number of benzene rings is 3. The van der Waals surface area contributed by atoms with Crippen molar-refractivity contribution in [1.82, 2.24) is 0 Å². The predicted molar refractivity (Wildman–Crippen MR) is 130 cm³/mol. The highest BCUT2D eigenvalue weighted by Crippen LogP contribution is 2.36. The van der Waals surface area contributed by atoms with Crippen LogP contribution >= 0.6 is 0 Å². The second kappa shape index (κ2) is 9.20. The molecule has 0 atom stereocenters. The Kier molecular flexibility index (Phi) is 6.18. The first-order valence-corrected chi connectivity index (χ1v) is 10.8. The third-order valence-electron chi connectivity index (χ3n) is 5.69. The van der Waals surface area contributed by atoms with Crippen LogP contribution in [-0.4, -0.2) is 25.5 Å². The molecule has 0 spiro atoms. The van der Waals surface area contributed by atoms with E-state index in [0.717, 1.165) is 11.1 Å². The van der Waals surface area contributed by atoms with Crippen molar-refractivity contribution in [2.24, 2.45) is 0 Å². The maximum atomic E-state index is 13.7. The Hall–Kier alpha value is -4.06. The number of aryl methyl sites for hydroxylation is 1. The number of carbonyl (C=O) groups excluding carboxylic acids is 2. The molecule has 4 rings (SSSR count). The van der Waals surface area contributed by atoms with E-state index in [9.17, 15) is 9.59 Å². The standard InChI is InChI=1S/C27H26N2O4/c1-5-33-21-14-12-19(13-15-21)24-25(28-20-9-7-10-22(16-20)32-4)27(31)29(26(24)30)23-11-6-8-17(2)18(23)3/h6-16,28H,5H2,1-4H3. The van der Waals surface area contributed by atoms with E-state index in [0.29, 0.717) is 40.6 Å². The van der Waals surface area contributed by atoms with Gasteiger partial charge in [-0.1, -0.05) is 30.3 Å². The second-order valence-electron chi connectivity index (χ2n) is 7.73. The van der Waals surface area contributed by atoms with Crippen molar-refractivity contribution >= 4 is 28.8 Å². The maximum absolute atomic E-state index is 13.7. The van der Waals surface area contributed by atoms with Crippen LogP contribution in [0.3, 0.4) is 0 Å². The van der Waals surface area contributed by atoms with E-state index >= 15 is 0 Å². The van der Waals surface area contributed by atoms with Gasteiger partial charge >= 0.3 is 0 Å². The Morgan fingerprint density at radius 1 is 0.879 bits per heavy atom. The third kappa shape index (κ3) is 4.20. The lowest BCUT2D eigenvalue weighted by atomic mass is 10.0. The van der Waals surface area contributed by atoms with Crippen LogP contribution in [0.15, 0.2) is 72.4 Å². The van der Waals surface area contributed by atoms with Crippen molar-refractivity contribution in [3.63, 3.8) is 0 Å². The number of hydrogen-bond acceptors (Lipinski definition) is 5. The molecule has 0 aromatic heterocycles. The highest BCUT2D eigenvalue weighted by Gasteiger charge is 2.41. The van der Waals surface area contributed by atoms with E-state index in [-0.39, 0.29) is 11.6 Å². The average molecular weight is 443 g/mol. The quantitative estimate of drug-likeness (QED) is 0.515. The summed E-state index contributed by atoms with van der Waals surface area (Å²) in [4.78, 5) is 28.5. The van der Waals surface area contributed by atoms with Crippen molar-refractivity contribution in [3.05, 3.63) is 89.1 Å². The number of ether oxygens (including phenoxy) is 2. The molecular weight excluding hydrogens is 416 g/mol. The lowest BCUT2D eigenvalue weighted by Gasteiger charge is -2.19. The zero-order chi connectivity index (χ0) is 23.5. The van der Waals surface area contributed by atoms with Gasteiger partial charge in [0.2, 0.25) is 0 Å². The molecule has 1 N–H and O–H groups in total. The fourth-order valence-corrected chi connectivity index (χ4v) is 3.84. The summed E-state index contributed by atoms with van der Waals surface area (Å²) in [5, 5.41) is 3.17. The maximum Gasteiger partial charge on any atom is 0.282 e. The topological polar surface area (TPSA) is 67.9 Å². The van der Waals surface area contributed by atoms with Crippen LogP contribution in [0.25, 0.3) is 5.57 Å². The molecule has 1 aliphatic rings. The predicted octanol–water partition coefficient (Wildman–Crippen LogP) is 5.11. The van der Waals surface area contributed by atoms with E-state index in [2.05, 4.69) is 5.32 Å². The fraction of sp³-hybridized carbons (Fsp3) is 0.185. The van der Waals surface area contributed by atoms with E-state index in [4.69, 9.17) is 9.47 Å². The summed E-state index contributed by atoms with van der Waals surface area (Å²) in [5.74, 6) is 0.572. The van der Waals surface area contributed by atoms with Gasteiger partial charge in [0.1, 0.15) is 17.2 Å². The minimum atomic E-state index is -0.402. The first-order valence-electron chi connectivity index (χ1n) is 10.8. The summed E-state index contributed by atoms with van der Waals surface area (Å²) in [6, 6.07) is 20.0. The molecule has 3 aromatic carbocycles. The number of carbonyl (C=O) groups is 2. The van der Waals surface area contributed by atoms with Crippen molar-refractivity contribution in [2.75, 3.05) is 23.9 Å². The van der Waals surface area contributed by atoms with Gasteiger partial charge in [-0.15, -0.1) is 0 Å². The Morgan fingerprint density at radius 3 is 2.30 bits per heavy atom. The molecule has 0 saturated carbocycles. The number of amides is 2. The van der Waals surface area contributed by atoms with Gasteiger partial charge in [-0.2, -0.15) is 0 Å². The lowest BCUT2D eigenvalue weighted by Crippen LogP contribution is -2.33. The first-order chi connectivity index (χ1) is 15.9. The van der Waals surface area contributed by atoms with Crippen LogP contribution in [-0.2, 0) is 9.59 Å². The SMILES string of the molecule is CCOc1ccc(C2=C(Nc3cccc(OC)c3)C(=O)N(c3cccc(C)c3C)C2=O)cc1. The van der Waals surface area contributed by atoms with Crippen LogP contribution < -0.4 is 19.7 Å². The number of methoxy groups -OCH3 is 1. The average Bonchev–Trinajstić information content (AvgIpc) is 3.06. The van der Waals surface area contributed by atoms with Gasteiger partial charge in [-0.05, 0) is 67.8 Å². The first kappa shape index (κ1) is 22.1. The molecule has 0 bridgehead atoms. The van der Waals surface area contributed by atoms with E-state index < -0.39 is 5.91 Å². The summed E-state index contributed by atoms with van der Waals surface area (Å²) in [5.41, 5.74) is 4.28. The molecule has 0 unspecified atom stereocenters. The Bertz CT molecular complexity index is 1250. The summed E-state index contributed by atoms with van der Waals surface area (Å²) in [6.07, 6.45) is 0. The number of imide groups is 1. The van der Waals surface area contributed by atoms with Crippen molar-refractivity contribution in [3.8, 4) is 11.5 Å². The van der Waals surface area contributed by atoms with Gasteiger partial charge in [-0.25, -0.2) is 4.90 Å². The Morgan fingerprint density at radius 2 is 1.61 bits per heavy atom. The van der Waals surface area contributed by atoms with Gasteiger partial charge in [0.05, 0.1) is 25.0 Å². The summed E-state index contributed by atoms with van der Waals surface area (Å²) in [7, 11) is 1.58. The molecule has 1 aliphatic heterocycles. The molecule has 0 saturated heterocycles. The molecular formula is C27H26N2O4. The summed E-state index contributed by atoms with van der Waals surface area (Å²) >= 11 is 0. The molecule has 6 heteroatoms. The van der Waals surface area contributed by atoms with Crippen LogP contribution in [0, 0.1) is 13.8 Å². The normalized spacial score (nSPS) is 13.5. The highest BCUT2D eigenvalue weighted by atomic mass is 16.5. The van der Waals surface area contributed by atoms with Gasteiger partial charge in [-0.3, -0.25) is 9.59 Å². The molecule has 0 radical (unpaired) electrons. The number of hydrogen-bond donors (Lipinski definition) is 1. The minimum absolute atomic E-state index is 0.221. The van der Waals surface area contributed by atoms with Crippen molar-refractivity contribution in [2.45, 2.75) is 20.8 Å². The highest BCUT2D eigenvalue weighted by molar-refractivity contribution is 6.46. The molecule has 168 valence electrons. The minimum Gasteiger partial charge on any atom is -0.497 e. The van der Waals surface area contributed by atoms with Gasteiger partial charge in [0.15, 0.2) is 0 Å². The second-order valence-corrected chi connectivity index (χ2v) is 7.73. The number of anilines is 2. The zero-order valence-corrected chi connectivity index (χ0v) is 19.1. The van der Waals surface area contributed by atoms with E-state index in [1.807, 2.05) is 51.1 Å². The monoisotopic (exact) mass is 442 g/mol. The summed E-state index contributed by atoms with van der Waals surface area (Å²) in [6.45, 7) is 6.33. The van der Waals surface area contributed by atoms with Gasteiger partial charge in [0, 0.05) is 11.8 Å². The Labute approximate surface area is 193 Å². The van der Waals surface area contributed by atoms with E-state index in [1.165, 1.54) is 4.90 Å². The summed E-state index contributed by atoms with van der Waals surface area (Å²) < 4.78 is 10.8. The van der Waals surface area contributed by atoms with Gasteiger partial charge < -0.3 is 14.8 Å². The van der Waals surface area contributed by atoms with Crippen LogP contribution in [0.1, 0.15) is 23.6 Å². The number of rotatable bonds is 7. The molecule has 6 nitrogen and oxygen atoms in total. The lowest BCUT2D eigenvalue weighted by molar-refractivity contribution is -0.120. The van der Waals surface area contributed by atoms with Crippen LogP contribution in [0.4, 0.5) is 11.4 Å². The van der Waals surface area contributed by atoms with Gasteiger partial charge in [0.25, 0.3) is 11.8 Å². The fourth-order valence-electron chi connectivity index (χ4n) is 3.84. The molecule has 1 heterocycles. The van der Waals surface area contributed by atoms with Crippen molar-refractivity contribution < 1.29 is 19.1 Å².